The molecule has 3 heteroatoms. The first kappa shape index (κ1) is 15.7. The highest BCUT2D eigenvalue weighted by atomic mass is 16.4. The molecular formula is C16H25NO2. The number of carboxylic acid groups (broad SMARTS) is 1. The lowest BCUT2D eigenvalue weighted by atomic mass is 9.82. The molecule has 0 saturated carbocycles. The molecule has 0 aliphatic rings. The van der Waals surface area contributed by atoms with Gasteiger partial charge in [0.15, 0.2) is 0 Å². The van der Waals surface area contributed by atoms with Crippen molar-refractivity contribution in [1.29, 1.82) is 0 Å². The Morgan fingerprint density at radius 3 is 2.58 bits per heavy atom. The summed E-state index contributed by atoms with van der Waals surface area (Å²) in [6.07, 6.45) is 0.666. The molecular weight excluding hydrogens is 238 g/mol. The first-order valence-corrected chi connectivity index (χ1v) is 6.84. The molecule has 1 rings (SSSR count). The third-order valence-corrected chi connectivity index (χ3v) is 3.62. The van der Waals surface area contributed by atoms with Crippen LogP contribution in [-0.4, -0.2) is 24.2 Å². The van der Waals surface area contributed by atoms with E-state index >= 15 is 0 Å². The summed E-state index contributed by atoms with van der Waals surface area (Å²) in [4.78, 5) is 10.7. The Labute approximate surface area is 116 Å². The summed E-state index contributed by atoms with van der Waals surface area (Å²) < 4.78 is 0. The Morgan fingerprint density at radius 1 is 1.37 bits per heavy atom. The zero-order valence-corrected chi connectivity index (χ0v) is 12.4. The average Bonchev–Trinajstić information content (AvgIpc) is 2.34. The zero-order chi connectivity index (χ0) is 14.5. The van der Waals surface area contributed by atoms with E-state index in [4.69, 9.17) is 5.11 Å². The molecule has 3 nitrogen and oxygen atoms in total. The molecule has 1 aromatic rings. The third-order valence-electron chi connectivity index (χ3n) is 3.62. The summed E-state index contributed by atoms with van der Waals surface area (Å²) in [6.45, 7) is 9.89. The van der Waals surface area contributed by atoms with Gasteiger partial charge in [-0.2, -0.15) is 0 Å². The number of benzene rings is 1. The van der Waals surface area contributed by atoms with Crippen LogP contribution in [0.15, 0.2) is 24.3 Å². The molecule has 0 fully saturated rings. The quantitative estimate of drug-likeness (QED) is 0.744. The second-order valence-corrected chi connectivity index (χ2v) is 5.90. The Morgan fingerprint density at radius 2 is 2.00 bits per heavy atom. The van der Waals surface area contributed by atoms with Crippen molar-refractivity contribution < 1.29 is 9.90 Å². The van der Waals surface area contributed by atoms with Crippen LogP contribution in [0.4, 0.5) is 0 Å². The molecule has 0 spiro atoms. The van der Waals surface area contributed by atoms with Gasteiger partial charge in [0.2, 0.25) is 0 Å². The summed E-state index contributed by atoms with van der Waals surface area (Å²) in [5, 5.41) is 12.2. The van der Waals surface area contributed by atoms with Crippen molar-refractivity contribution in [1.82, 2.24) is 5.32 Å². The van der Waals surface area contributed by atoms with Gasteiger partial charge < -0.3 is 10.4 Å². The molecule has 106 valence electrons. The second-order valence-electron chi connectivity index (χ2n) is 5.90. The lowest BCUT2D eigenvalue weighted by molar-refractivity contribution is -0.141. The number of aliphatic carboxylic acids is 1. The van der Waals surface area contributed by atoms with E-state index in [1.54, 1.807) is 6.92 Å². The van der Waals surface area contributed by atoms with Crippen LogP contribution in [0.5, 0.6) is 0 Å². The number of aryl methyl sites for hydroxylation is 1. The Hall–Kier alpha value is -1.35. The predicted octanol–water partition coefficient (Wildman–Crippen LogP) is 2.97. The van der Waals surface area contributed by atoms with Crippen molar-refractivity contribution in [2.24, 2.45) is 5.92 Å². The molecule has 0 aliphatic heterocycles. The highest BCUT2D eigenvalue weighted by Gasteiger charge is 2.21. The van der Waals surface area contributed by atoms with Crippen molar-refractivity contribution in [3.63, 3.8) is 0 Å². The van der Waals surface area contributed by atoms with Crippen LogP contribution < -0.4 is 5.32 Å². The Kier molecular flexibility index (Phi) is 5.55. The van der Waals surface area contributed by atoms with Crippen molar-refractivity contribution in [2.45, 2.75) is 39.5 Å². The van der Waals surface area contributed by atoms with Crippen LogP contribution in [0.1, 0.15) is 38.3 Å². The maximum Gasteiger partial charge on any atom is 0.306 e. The van der Waals surface area contributed by atoms with Crippen molar-refractivity contribution in [3.8, 4) is 0 Å². The molecule has 1 aromatic carbocycles. The van der Waals surface area contributed by atoms with Crippen LogP contribution in [0, 0.1) is 12.8 Å². The number of nitrogens with one attached hydrogen (secondary N) is 1. The minimum atomic E-state index is -0.722. The average molecular weight is 263 g/mol. The number of hydrogen-bond acceptors (Lipinski definition) is 2. The van der Waals surface area contributed by atoms with Gasteiger partial charge in [-0.3, -0.25) is 4.79 Å². The Balaban J connectivity index is 2.48. The topological polar surface area (TPSA) is 49.3 Å². The molecule has 0 aliphatic carbocycles. The van der Waals surface area contributed by atoms with E-state index in [1.807, 2.05) is 0 Å². The molecule has 0 saturated heterocycles. The van der Waals surface area contributed by atoms with Crippen LogP contribution in [0.3, 0.4) is 0 Å². The van der Waals surface area contributed by atoms with E-state index < -0.39 is 5.97 Å². The normalized spacial score (nSPS) is 13.3. The van der Waals surface area contributed by atoms with Gasteiger partial charge in [0, 0.05) is 12.0 Å². The van der Waals surface area contributed by atoms with Crippen molar-refractivity contribution >= 4 is 5.97 Å². The van der Waals surface area contributed by atoms with Crippen LogP contribution in [0.25, 0.3) is 0 Å². The lowest BCUT2D eigenvalue weighted by Gasteiger charge is -2.27. The fourth-order valence-corrected chi connectivity index (χ4v) is 2.27. The van der Waals surface area contributed by atoms with Gasteiger partial charge in [0.1, 0.15) is 0 Å². The fourth-order valence-electron chi connectivity index (χ4n) is 2.27. The van der Waals surface area contributed by atoms with Gasteiger partial charge in [-0.25, -0.2) is 0 Å². The summed E-state index contributed by atoms with van der Waals surface area (Å²) >= 11 is 0. The van der Waals surface area contributed by atoms with Gasteiger partial charge >= 0.3 is 5.97 Å². The van der Waals surface area contributed by atoms with Gasteiger partial charge in [-0.05, 0) is 31.0 Å². The first-order valence-electron chi connectivity index (χ1n) is 6.84. The van der Waals surface area contributed by atoms with Crippen LogP contribution >= 0.6 is 0 Å². The maximum atomic E-state index is 10.7. The standard InChI is InChI=1S/C16H25NO2/c1-12-7-5-6-8-14(12)16(3,4)11-17-10-9-13(2)15(18)19/h5-8,13,17H,9-11H2,1-4H3,(H,18,19). The van der Waals surface area contributed by atoms with Gasteiger partial charge in [0.25, 0.3) is 0 Å². The van der Waals surface area contributed by atoms with E-state index in [0.717, 1.165) is 13.1 Å². The smallest absolute Gasteiger partial charge is 0.306 e. The SMILES string of the molecule is Cc1ccccc1C(C)(C)CNCCC(C)C(=O)O. The third kappa shape index (κ3) is 4.67. The van der Waals surface area contributed by atoms with Crippen molar-refractivity contribution in [3.05, 3.63) is 35.4 Å². The maximum absolute atomic E-state index is 10.7. The van der Waals surface area contributed by atoms with E-state index in [-0.39, 0.29) is 11.3 Å². The molecule has 1 atom stereocenters. The van der Waals surface area contributed by atoms with Gasteiger partial charge in [-0.15, -0.1) is 0 Å². The van der Waals surface area contributed by atoms with Gasteiger partial charge in [0.05, 0.1) is 5.92 Å². The number of hydrogen-bond donors (Lipinski definition) is 2. The molecule has 0 amide bonds. The summed E-state index contributed by atoms with van der Waals surface area (Å²) in [6, 6.07) is 8.41. The summed E-state index contributed by atoms with van der Waals surface area (Å²) in [7, 11) is 0. The Bertz CT molecular complexity index is 427. The highest BCUT2D eigenvalue weighted by molar-refractivity contribution is 5.69. The molecule has 0 bridgehead atoms. The van der Waals surface area contributed by atoms with Crippen LogP contribution in [-0.2, 0) is 10.2 Å². The molecule has 19 heavy (non-hydrogen) atoms. The highest BCUT2D eigenvalue weighted by Crippen LogP contribution is 2.25. The van der Waals surface area contributed by atoms with E-state index in [2.05, 4.69) is 50.4 Å². The number of rotatable bonds is 7. The summed E-state index contributed by atoms with van der Waals surface area (Å²) in [5.41, 5.74) is 2.69. The largest absolute Gasteiger partial charge is 0.481 e. The minimum Gasteiger partial charge on any atom is -0.481 e. The van der Waals surface area contributed by atoms with Crippen LogP contribution in [0.2, 0.25) is 0 Å². The molecule has 0 aromatic heterocycles. The van der Waals surface area contributed by atoms with E-state index in [9.17, 15) is 4.79 Å². The number of carboxylic acids is 1. The predicted molar refractivity (Wildman–Crippen MR) is 78.5 cm³/mol. The second kappa shape index (κ2) is 6.71. The van der Waals surface area contributed by atoms with Gasteiger partial charge in [-0.1, -0.05) is 45.0 Å². The van der Waals surface area contributed by atoms with E-state index in [1.165, 1.54) is 11.1 Å². The molecule has 1 unspecified atom stereocenters. The first-order chi connectivity index (χ1) is 8.84. The number of carbonyl (C=O) groups is 1. The molecule has 0 radical (unpaired) electrons. The monoisotopic (exact) mass is 263 g/mol. The van der Waals surface area contributed by atoms with Crippen molar-refractivity contribution in [2.75, 3.05) is 13.1 Å². The summed E-state index contributed by atoms with van der Waals surface area (Å²) in [5.74, 6) is -1.01. The van der Waals surface area contributed by atoms with E-state index in [0.29, 0.717) is 6.42 Å². The lowest BCUT2D eigenvalue weighted by Crippen LogP contribution is -2.34. The fraction of sp³-hybridized carbons (Fsp3) is 0.562. The zero-order valence-electron chi connectivity index (χ0n) is 12.4. The molecule has 2 N–H and O–H groups in total. The minimum absolute atomic E-state index is 0.0534. The molecule has 0 heterocycles.